The Hall–Kier alpha value is -5.19. The molecule has 0 aliphatic rings. The molecular formula is C28H23F3N4O4. The highest BCUT2D eigenvalue weighted by Crippen LogP contribution is 2.43. The molecule has 2 amide bonds. The molecule has 4 rings (SSSR count). The number of hydrogen-bond donors (Lipinski definition) is 6. The highest BCUT2D eigenvalue weighted by molar-refractivity contribution is 6.06. The molecule has 0 aliphatic heterocycles. The first-order chi connectivity index (χ1) is 18.4. The summed E-state index contributed by atoms with van der Waals surface area (Å²) in [6, 6.07) is 18.1. The van der Waals surface area contributed by atoms with Crippen LogP contribution < -0.4 is 22.1 Å². The fourth-order valence-electron chi connectivity index (χ4n) is 3.99. The SMILES string of the molecule is Nc1cccc(C(=O)Nc2cc(C(c3ccc(O)c(NC(=O)c4cccc(N)c4)c3)C(F)(F)F)ccc2O)c1. The van der Waals surface area contributed by atoms with Crippen LogP contribution in [0.25, 0.3) is 0 Å². The Morgan fingerprint density at radius 3 is 1.44 bits per heavy atom. The molecule has 0 bridgehead atoms. The van der Waals surface area contributed by atoms with Gasteiger partial charge in [0.05, 0.1) is 11.4 Å². The molecule has 0 fully saturated rings. The van der Waals surface area contributed by atoms with Gasteiger partial charge in [0.2, 0.25) is 0 Å². The number of aromatic hydroxyl groups is 2. The number of nitrogens with two attached hydrogens (primary N) is 2. The maximum absolute atomic E-state index is 14.4. The second-order valence-corrected chi connectivity index (χ2v) is 8.69. The molecule has 0 heterocycles. The van der Waals surface area contributed by atoms with Crippen molar-refractivity contribution in [2.24, 2.45) is 0 Å². The average molecular weight is 537 g/mol. The molecule has 0 atom stereocenters. The van der Waals surface area contributed by atoms with Gasteiger partial charge in [-0.2, -0.15) is 13.2 Å². The summed E-state index contributed by atoms with van der Waals surface area (Å²) in [7, 11) is 0. The summed E-state index contributed by atoms with van der Waals surface area (Å²) < 4.78 is 43.1. The molecule has 11 heteroatoms. The highest BCUT2D eigenvalue weighted by atomic mass is 19.4. The van der Waals surface area contributed by atoms with E-state index in [-0.39, 0.29) is 33.6 Å². The lowest BCUT2D eigenvalue weighted by atomic mass is 9.89. The average Bonchev–Trinajstić information content (AvgIpc) is 2.87. The Morgan fingerprint density at radius 1 is 0.667 bits per heavy atom. The van der Waals surface area contributed by atoms with Gasteiger partial charge >= 0.3 is 6.18 Å². The predicted octanol–water partition coefficient (Wildman–Crippen LogP) is 5.46. The molecule has 0 unspecified atom stereocenters. The molecule has 4 aromatic rings. The third-order valence-corrected chi connectivity index (χ3v) is 5.83. The normalized spacial score (nSPS) is 11.3. The van der Waals surface area contributed by atoms with Gasteiger partial charge in [-0.25, -0.2) is 0 Å². The van der Waals surface area contributed by atoms with Gasteiger partial charge in [0.25, 0.3) is 11.8 Å². The van der Waals surface area contributed by atoms with Gasteiger partial charge in [-0.05, 0) is 71.8 Å². The second kappa shape index (κ2) is 10.7. The van der Waals surface area contributed by atoms with Crippen LogP contribution >= 0.6 is 0 Å². The number of nitrogen functional groups attached to an aromatic ring is 2. The topological polar surface area (TPSA) is 151 Å². The van der Waals surface area contributed by atoms with E-state index in [2.05, 4.69) is 10.6 Å². The Labute approximate surface area is 220 Å². The molecule has 0 saturated carbocycles. The van der Waals surface area contributed by atoms with Crippen LogP contribution in [-0.2, 0) is 0 Å². The van der Waals surface area contributed by atoms with Crippen molar-refractivity contribution in [3.63, 3.8) is 0 Å². The summed E-state index contributed by atoms with van der Waals surface area (Å²) in [4.78, 5) is 25.2. The maximum atomic E-state index is 14.4. The van der Waals surface area contributed by atoms with Gasteiger partial charge in [-0.3, -0.25) is 9.59 Å². The fraction of sp³-hybridized carbons (Fsp3) is 0.0714. The van der Waals surface area contributed by atoms with Crippen LogP contribution in [0.1, 0.15) is 37.8 Å². The van der Waals surface area contributed by atoms with Crippen molar-refractivity contribution in [2.75, 3.05) is 22.1 Å². The number of rotatable bonds is 6. The van der Waals surface area contributed by atoms with Gasteiger partial charge in [0.1, 0.15) is 17.4 Å². The molecule has 0 aliphatic carbocycles. The van der Waals surface area contributed by atoms with Gasteiger partial charge in [0, 0.05) is 22.5 Å². The Kier molecular flexibility index (Phi) is 7.34. The van der Waals surface area contributed by atoms with Crippen molar-refractivity contribution < 1.29 is 33.0 Å². The van der Waals surface area contributed by atoms with E-state index in [1.807, 2.05) is 0 Å². The lowest BCUT2D eigenvalue weighted by Gasteiger charge is -2.23. The minimum Gasteiger partial charge on any atom is -0.506 e. The molecule has 39 heavy (non-hydrogen) atoms. The Bertz CT molecular complexity index is 1450. The molecular weight excluding hydrogens is 513 g/mol. The zero-order chi connectivity index (χ0) is 28.3. The first-order valence-corrected chi connectivity index (χ1v) is 11.5. The van der Waals surface area contributed by atoms with Gasteiger partial charge < -0.3 is 32.3 Å². The lowest BCUT2D eigenvalue weighted by molar-refractivity contribution is -0.141. The standard InChI is InChI=1S/C28H23F3N4O4/c29-28(30,31)25(15-7-9-23(36)21(13-15)34-26(38)17-3-1-5-19(32)11-17)16-8-10-24(37)22(14-16)35-27(39)18-4-2-6-20(33)12-18/h1-14,25,36-37H,32-33H2,(H,34,38)(H,35,39). The van der Waals surface area contributed by atoms with Gasteiger partial charge in [-0.1, -0.05) is 24.3 Å². The monoisotopic (exact) mass is 536 g/mol. The van der Waals surface area contributed by atoms with Crippen LogP contribution in [0, 0.1) is 0 Å². The van der Waals surface area contributed by atoms with Crippen LogP contribution in [0.15, 0.2) is 84.9 Å². The minimum absolute atomic E-state index is 0.145. The number of halogens is 3. The molecule has 200 valence electrons. The molecule has 0 aromatic heterocycles. The van der Waals surface area contributed by atoms with Crippen molar-refractivity contribution in [2.45, 2.75) is 12.1 Å². The first-order valence-electron chi connectivity index (χ1n) is 11.5. The Morgan fingerprint density at radius 2 is 1.08 bits per heavy atom. The zero-order valence-electron chi connectivity index (χ0n) is 20.2. The van der Waals surface area contributed by atoms with Crippen molar-refractivity contribution in [1.82, 2.24) is 0 Å². The van der Waals surface area contributed by atoms with Crippen LogP contribution in [-0.4, -0.2) is 28.2 Å². The van der Waals surface area contributed by atoms with E-state index >= 15 is 0 Å². The van der Waals surface area contributed by atoms with Crippen LogP contribution in [0.4, 0.5) is 35.9 Å². The van der Waals surface area contributed by atoms with Crippen LogP contribution in [0.5, 0.6) is 11.5 Å². The predicted molar refractivity (Wildman–Crippen MR) is 142 cm³/mol. The maximum Gasteiger partial charge on any atom is 0.399 e. The summed E-state index contributed by atoms with van der Waals surface area (Å²) in [6.07, 6.45) is -4.82. The summed E-state index contributed by atoms with van der Waals surface area (Å²) in [5.74, 6) is -4.50. The number of carbonyl (C=O) groups is 2. The van der Waals surface area contributed by atoms with E-state index in [0.29, 0.717) is 11.4 Å². The molecule has 0 spiro atoms. The first kappa shape index (κ1) is 26.9. The molecule has 4 aromatic carbocycles. The fourth-order valence-corrected chi connectivity index (χ4v) is 3.99. The molecule has 0 radical (unpaired) electrons. The number of phenols is 2. The summed E-state index contributed by atoms with van der Waals surface area (Å²) in [5.41, 5.74) is 11.2. The van der Waals surface area contributed by atoms with E-state index in [0.717, 1.165) is 36.4 Å². The number of benzene rings is 4. The van der Waals surface area contributed by atoms with Crippen molar-refractivity contribution in [3.8, 4) is 11.5 Å². The van der Waals surface area contributed by atoms with Crippen LogP contribution in [0.3, 0.4) is 0 Å². The van der Waals surface area contributed by atoms with Crippen molar-refractivity contribution in [1.29, 1.82) is 0 Å². The lowest BCUT2D eigenvalue weighted by Crippen LogP contribution is -2.23. The summed E-state index contributed by atoms with van der Waals surface area (Å²) in [5, 5.41) is 25.3. The van der Waals surface area contributed by atoms with Crippen molar-refractivity contribution in [3.05, 3.63) is 107 Å². The van der Waals surface area contributed by atoms with Crippen molar-refractivity contribution >= 4 is 34.6 Å². The number of amides is 2. The molecule has 8 nitrogen and oxygen atoms in total. The number of phenolic OH excluding ortho intramolecular Hbond substituents is 2. The van der Waals surface area contributed by atoms with E-state index < -0.39 is 35.4 Å². The zero-order valence-corrected chi connectivity index (χ0v) is 20.2. The van der Waals surface area contributed by atoms with E-state index in [4.69, 9.17) is 11.5 Å². The number of nitrogens with one attached hydrogen (secondary N) is 2. The second-order valence-electron chi connectivity index (χ2n) is 8.69. The van der Waals surface area contributed by atoms with E-state index in [1.54, 1.807) is 12.1 Å². The number of anilines is 4. The Balaban J connectivity index is 1.68. The minimum atomic E-state index is -4.82. The van der Waals surface area contributed by atoms with Crippen LogP contribution in [0.2, 0.25) is 0 Å². The summed E-state index contributed by atoms with van der Waals surface area (Å²) in [6.45, 7) is 0. The number of hydrogen-bond acceptors (Lipinski definition) is 6. The van der Waals surface area contributed by atoms with E-state index in [1.165, 1.54) is 36.4 Å². The number of carbonyl (C=O) groups excluding carboxylic acids is 2. The quantitative estimate of drug-likeness (QED) is 0.142. The van der Waals surface area contributed by atoms with Gasteiger partial charge in [0.15, 0.2) is 0 Å². The molecule has 0 saturated heterocycles. The molecule has 8 N–H and O–H groups in total. The number of alkyl halides is 3. The smallest absolute Gasteiger partial charge is 0.399 e. The van der Waals surface area contributed by atoms with E-state index in [9.17, 15) is 33.0 Å². The summed E-state index contributed by atoms with van der Waals surface area (Å²) >= 11 is 0. The largest absolute Gasteiger partial charge is 0.506 e. The highest BCUT2D eigenvalue weighted by Gasteiger charge is 2.42. The third kappa shape index (κ3) is 6.21. The third-order valence-electron chi connectivity index (χ3n) is 5.83. The van der Waals surface area contributed by atoms with Gasteiger partial charge in [-0.15, -0.1) is 0 Å².